The molecule has 0 spiro atoms. The SMILES string of the molecule is COCc1nnc(-c2cc(C(=O)NCc3ccc(S(C)(=O)=O)cc3)c(=O)n(-c3cccc(C(F)(F)F)c3)c2C)o1. The molecule has 0 saturated heterocycles. The number of hydrogen-bond donors (Lipinski definition) is 1. The summed E-state index contributed by atoms with van der Waals surface area (Å²) in [6, 6.07) is 11.1. The highest BCUT2D eigenvalue weighted by molar-refractivity contribution is 7.90. The number of nitrogens with zero attached hydrogens (tertiary/aromatic N) is 3. The number of hydrogen-bond acceptors (Lipinski definition) is 8. The summed E-state index contributed by atoms with van der Waals surface area (Å²) in [5.74, 6) is -0.788. The lowest BCUT2D eigenvalue weighted by atomic mass is 10.1. The maximum absolute atomic E-state index is 13.5. The molecule has 4 rings (SSSR count). The van der Waals surface area contributed by atoms with Crippen LogP contribution >= 0.6 is 0 Å². The Bertz CT molecular complexity index is 1730. The second-order valence-corrected chi connectivity index (χ2v) is 10.8. The molecule has 10 nitrogen and oxygen atoms in total. The van der Waals surface area contributed by atoms with Crippen molar-refractivity contribution in [2.45, 2.75) is 31.1 Å². The maximum Gasteiger partial charge on any atom is 0.416 e. The molecule has 0 saturated carbocycles. The fourth-order valence-electron chi connectivity index (χ4n) is 3.89. The summed E-state index contributed by atoms with van der Waals surface area (Å²) in [4.78, 5) is 26.8. The average molecular weight is 577 g/mol. The van der Waals surface area contributed by atoms with E-state index in [1.165, 1.54) is 50.4 Å². The summed E-state index contributed by atoms with van der Waals surface area (Å²) < 4.78 is 75.2. The molecule has 0 fully saturated rings. The number of pyridine rings is 1. The average Bonchev–Trinajstić information content (AvgIpc) is 3.35. The van der Waals surface area contributed by atoms with E-state index in [1.807, 2.05) is 0 Å². The highest BCUT2D eigenvalue weighted by Crippen LogP contribution is 2.31. The number of halogens is 3. The van der Waals surface area contributed by atoms with Gasteiger partial charge in [-0.05, 0) is 48.9 Å². The van der Waals surface area contributed by atoms with Crippen molar-refractivity contribution in [3.05, 3.63) is 93.2 Å². The number of aromatic nitrogens is 3. The first-order chi connectivity index (χ1) is 18.8. The molecule has 0 radical (unpaired) electrons. The third-order valence-electron chi connectivity index (χ3n) is 5.89. The minimum atomic E-state index is -4.67. The zero-order valence-electron chi connectivity index (χ0n) is 21.4. The van der Waals surface area contributed by atoms with Crippen molar-refractivity contribution in [2.24, 2.45) is 0 Å². The van der Waals surface area contributed by atoms with E-state index >= 15 is 0 Å². The van der Waals surface area contributed by atoms with Crippen LogP contribution < -0.4 is 10.9 Å². The van der Waals surface area contributed by atoms with Gasteiger partial charge in [0.15, 0.2) is 9.84 Å². The molecule has 1 amide bonds. The van der Waals surface area contributed by atoms with E-state index in [0.717, 1.165) is 29.0 Å². The predicted molar refractivity (Wildman–Crippen MR) is 137 cm³/mol. The van der Waals surface area contributed by atoms with Gasteiger partial charge in [-0.2, -0.15) is 13.2 Å². The number of rotatable bonds is 8. The predicted octanol–water partition coefficient (Wildman–Crippen LogP) is 3.69. The van der Waals surface area contributed by atoms with Crippen LogP contribution in [-0.2, 0) is 33.9 Å². The first-order valence-electron chi connectivity index (χ1n) is 11.6. The summed E-state index contributed by atoms with van der Waals surface area (Å²) in [7, 11) is -1.99. The van der Waals surface area contributed by atoms with E-state index in [0.29, 0.717) is 5.56 Å². The van der Waals surface area contributed by atoms with Gasteiger partial charge in [0, 0.05) is 31.3 Å². The van der Waals surface area contributed by atoms with Crippen molar-refractivity contribution in [1.29, 1.82) is 0 Å². The highest BCUT2D eigenvalue weighted by Gasteiger charge is 2.31. The van der Waals surface area contributed by atoms with Crippen LogP contribution in [0.4, 0.5) is 13.2 Å². The number of carbonyl (C=O) groups is 1. The quantitative estimate of drug-likeness (QED) is 0.336. The summed E-state index contributed by atoms with van der Waals surface area (Å²) >= 11 is 0. The van der Waals surface area contributed by atoms with Gasteiger partial charge in [0.25, 0.3) is 11.5 Å². The third-order valence-corrected chi connectivity index (χ3v) is 7.02. The zero-order chi connectivity index (χ0) is 29.2. The van der Waals surface area contributed by atoms with Crippen molar-refractivity contribution >= 4 is 15.7 Å². The molecule has 210 valence electrons. The largest absolute Gasteiger partial charge is 0.418 e. The lowest BCUT2D eigenvalue weighted by Gasteiger charge is -2.16. The van der Waals surface area contributed by atoms with E-state index in [2.05, 4.69) is 15.5 Å². The Kier molecular flexibility index (Phi) is 7.93. The molecule has 0 unspecified atom stereocenters. The fourth-order valence-corrected chi connectivity index (χ4v) is 4.52. The monoisotopic (exact) mass is 576 g/mol. The lowest BCUT2D eigenvalue weighted by Crippen LogP contribution is -2.33. The van der Waals surface area contributed by atoms with Gasteiger partial charge in [-0.15, -0.1) is 10.2 Å². The van der Waals surface area contributed by atoms with Crippen molar-refractivity contribution in [3.8, 4) is 17.1 Å². The molecular formula is C26H23F3N4O6S. The van der Waals surface area contributed by atoms with Gasteiger partial charge in [0.2, 0.25) is 11.8 Å². The fraction of sp³-hybridized carbons (Fsp3) is 0.231. The molecule has 14 heteroatoms. The second-order valence-electron chi connectivity index (χ2n) is 8.78. The van der Waals surface area contributed by atoms with Crippen LogP contribution in [0.5, 0.6) is 0 Å². The molecular weight excluding hydrogens is 553 g/mol. The first-order valence-corrected chi connectivity index (χ1v) is 13.5. The van der Waals surface area contributed by atoms with Gasteiger partial charge in [0.05, 0.1) is 16.0 Å². The molecule has 1 N–H and O–H groups in total. The van der Waals surface area contributed by atoms with Crippen LogP contribution in [0.2, 0.25) is 0 Å². The smallest absolute Gasteiger partial charge is 0.416 e. The number of nitrogens with one attached hydrogen (secondary N) is 1. The van der Waals surface area contributed by atoms with Crippen LogP contribution in [0.15, 0.2) is 68.7 Å². The van der Waals surface area contributed by atoms with E-state index in [1.54, 1.807) is 0 Å². The number of alkyl halides is 3. The van der Waals surface area contributed by atoms with Crippen molar-refractivity contribution in [3.63, 3.8) is 0 Å². The number of carbonyl (C=O) groups excluding carboxylic acids is 1. The summed E-state index contributed by atoms with van der Waals surface area (Å²) in [6.07, 6.45) is -3.60. The Morgan fingerprint density at radius 3 is 2.42 bits per heavy atom. The van der Waals surface area contributed by atoms with Crippen molar-refractivity contribution < 1.29 is 35.5 Å². The molecule has 0 aliphatic carbocycles. The van der Waals surface area contributed by atoms with E-state index in [4.69, 9.17) is 9.15 Å². The molecule has 2 heterocycles. The van der Waals surface area contributed by atoms with Gasteiger partial charge in [0.1, 0.15) is 12.2 Å². The Hall–Kier alpha value is -4.30. The minimum absolute atomic E-state index is 0.00915. The van der Waals surface area contributed by atoms with Crippen LogP contribution in [-0.4, -0.2) is 42.5 Å². The van der Waals surface area contributed by atoms with Crippen LogP contribution in [0.25, 0.3) is 17.1 Å². The van der Waals surface area contributed by atoms with Crippen LogP contribution in [0, 0.1) is 6.92 Å². The summed E-state index contributed by atoms with van der Waals surface area (Å²) in [5.41, 5.74) is -1.52. The standard InChI is InChI=1S/C26H23F3N4O6S/c1-15-20(24-32-31-22(39-24)14-38-2)12-21(23(34)30-13-16-7-9-19(10-8-16)40(3,36)37)25(35)33(15)18-6-4-5-17(11-18)26(27,28)29/h4-12H,13-14H2,1-3H3,(H,30,34). The molecule has 0 atom stereocenters. The third kappa shape index (κ3) is 6.13. The Morgan fingerprint density at radius 1 is 1.10 bits per heavy atom. The van der Waals surface area contributed by atoms with E-state index < -0.39 is 38.6 Å². The topological polar surface area (TPSA) is 133 Å². The Balaban J connectivity index is 1.78. The van der Waals surface area contributed by atoms with Gasteiger partial charge in [-0.3, -0.25) is 14.2 Å². The molecule has 0 aliphatic rings. The summed E-state index contributed by atoms with van der Waals surface area (Å²) in [5, 5.41) is 10.4. The van der Waals surface area contributed by atoms with Crippen LogP contribution in [0.3, 0.4) is 0 Å². The first kappa shape index (κ1) is 28.7. The Morgan fingerprint density at radius 2 is 1.80 bits per heavy atom. The minimum Gasteiger partial charge on any atom is -0.418 e. The van der Waals surface area contributed by atoms with Gasteiger partial charge < -0.3 is 14.5 Å². The van der Waals surface area contributed by atoms with E-state index in [-0.39, 0.29) is 46.8 Å². The number of benzene rings is 2. The molecule has 0 aliphatic heterocycles. The van der Waals surface area contributed by atoms with Gasteiger partial charge in [-0.1, -0.05) is 18.2 Å². The summed E-state index contributed by atoms with van der Waals surface area (Å²) in [6.45, 7) is 1.40. The molecule has 2 aromatic carbocycles. The van der Waals surface area contributed by atoms with Gasteiger partial charge in [-0.25, -0.2) is 8.42 Å². The van der Waals surface area contributed by atoms with Crippen LogP contribution in [0.1, 0.15) is 33.1 Å². The molecule has 2 aromatic heterocycles. The van der Waals surface area contributed by atoms with Crippen molar-refractivity contribution in [2.75, 3.05) is 13.4 Å². The number of amides is 1. The lowest BCUT2D eigenvalue weighted by molar-refractivity contribution is -0.137. The zero-order valence-corrected chi connectivity index (χ0v) is 22.3. The number of sulfone groups is 1. The van der Waals surface area contributed by atoms with Crippen molar-refractivity contribution in [1.82, 2.24) is 20.1 Å². The Labute approximate surface area is 226 Å². The molecule has 40 heavy (non-hydrogen) atoms. The molecule has 0 bridgehead atoms. The second kappa shape index (κ2) is 11.1. The van der Waals surface area contributed by atoms with Gasteiger partial charge >= 0.3 is 6.18 Å². The maximum atomic E-state index is 13.5. The number of methoxy groups -OCH3 is 1. The molecule has 4 aromatic rings. The van der Waals surface area contributed by atoms with E-state index in [9.17, 15) is 31.2 Å². The number of ether oxygens (including phenoxy) is 1. The highest BCUT2D eigenvalue weighted by atomic mass is 32.2. The normalized spacial score (nSPS) is 11.9.